The summed E-state index contributed by atoms with van der Waals surface area (Å²) in [6, 6.07) is 12.3. The number of para-hydroxylation sites is 1. The number of hydrogen-bond donors (Lipinski definition) is 1. The predicted octanol–water partition coefficient (Wildman–Crippen LogP) is 3.39. The van der Waals surface area contributed by atoms with Gasteiger partial charge in [0.25, 0.3) is 0 Å². The third-order valence-corrected chi connectivity index (χ3v) is 4.80. The van der Waals surface area contributed by atoms with Crippen molar-refractivity contribution in [3.63, 3.8) is 0 Å². The van der Waals surface area contributed by atoms with Gasteiger partial charge in [0.1, 0.15) is 12.4 Å². The third-order valence-electron chi connectivity index (χ3n) is 3.56. The minimum absolute atomic E-state index is 0.761. The van der Waals surface area contributed by atoms with Crippen LogP contribution in [0.2, 0.25) is 4.34 Å². The summed E-state index contributed by atoms with van der Waals surface area (Å²) in [6.45, 7) is 5.58. The summed E-state index contributed by atoms with van der Waals surface area (Å²) in [6.07, 6.45) is 0. The minimum Gasteiger partial charge on any atom is -0.492 e. The van der Waals surface area contributed by atoms with Gasteiger partial charge < -0.3 is 10.1 Å². The number of rotatable bonds is 5. The van der Waals surface area contributed by atoms with E-state index in [1.165, 1.54) is 10.4 Å². The van der Waals surface area contributed by atoms with E-state index in [4.69, 9.17) is 16.3 Å². The Kier molecular flexibility index (Phi) is 5.14. The molecule has 0 fully saturated rings. The van der Waals surface area contributed by atoms with Crippen LogP contribution in [0.1, 0.15) is 10.4 Å². The molecule has 1 aliphatic heterocycles. The molecular formula is C16H19ClN2OS. The Labute approximate surface area is 134 Å². The minimum atomic E-state index is 0.761. The molecule has 0 saturated heterocycles. The molecule has 1 aromatic heterocycles. The fraction of sp³-hybridized carbons (Fsp3) is 0.375. The lowest BCUT2D eigenvalue weighted by molar-refractivity contribution is 0.226. The molecule has 0 unspecified atom stereocenters. The van der Waals surface area contributed by atoms with Crippen molar-refractivity contribution in [2.45, 2.75) is 13.1 Å². The second-order valence-electron chi connectivity index (χ2n) is 5.11. The van der Waals surface area contributed by atoms with Gasteiger partial charge in [0.2, 0.25) is 0 Å². The van der Waals surface area contributed by atoms with E-state index in [0.717, 1.165) is 49.4 Å². The van der Waals surface area contributed by atoms with Gasteiger partial charge in [-0.25, -0.2) is 0 Å². The number of benzene rings is 1. The largest absolute Gasteiger partial charge is 0.492 e. The molecule has 3 nitrogen and oxygen atoms in total. The topological polar surface area (TPSA) is 24.5 Å². The number of halogens is 1. The van der Waals surface area contributed by atoms with Crippen LogP contribution in [-0.2, 0) is 13.1 Å². The van der Waals surface area contributed by atoms with Crippen molar-refractivity contribution in [1.82, 2.24) is 10.2 Å². The first kappa shape index (κ1) is 14.9. The van der Waals surface area contributed by atoms with E-state index >= 15 is 0 Å². The molecule has 1 aliphatic rings. The van der Waals surface area contributed by atoms with Crippen molar-refractivity contribution >= 4 is 22.9 Å². The zero-order valence-electron chi connectivity index (χ0n) is 11.8. The maximum Gasteiger partial charge on any atom is 0.123 e. The van der Waals surface area contributed by atoms with Gasteiger partial charge in [-0.05, 0) is 18.2 Å². The highest BCUT2D eigenvalue weighted by molar-refractivity contribution is 7.16. The molecule has 0 spiro atoms. The summed E-state index contributed by atoms with van der Waals surface area (Å²) < 4.78 is 6.64. The van der Waals surface area contributed by atoms with Crippen LogP contribution in [0.15, 0.2) is 36.4 Å². The Morgan fingerprint density at radius 2 is 2.14 bits per heavy atom. The predicted molar refractivity (Wildman–Crippen MR) is 88.2 cm³/mol. The molecule has 1 N–H and O–H groups in total. The van der Waals surface area contributed by atoms with Crippen molar-refractivity contribution in [3.05, 3.63) is 51.2 Å². The highest BCUT2D eigenvalue weighted by atomic mass is 35.5. The highest BCUT2D eigenvalue weighted by Gasteiger charge is 2.14. The Hall–Kier alpha value is -1.07. The third kappa shape index (κ3) is 4.20. The molecule has 112 valence electrons. The van der Waals surface area contributed by atoms with E-state index in [2.05, 4.69) is 34.5 Å². The maximum atomic E-state index is 5.93. The van der Waals surface area contributed by atoms with Crippen LogP contribution in [0, 0.1) is 0 Å². The van der Waals surface area contributed by atoms with Gasteiger partial charge in [0.05, 0.1) is 4.34 Å². The van der Waals surface area contributed by atoms with E-state index in [0.29, 0.717) is 0 Å². The number of ether oxygens (including phenoxy) is 1. The Balaban J connectivity index is 1.45. The van der Waals surface area contributed by atoms with Gasteiger partial charge in [-0.15, -0.1) is 11.3 Å². The van der Waals surface area contributed by atoms with E-state index in [1.54, 1.807) is 11.3 Å². The van der Waals surface area contributed by atoms with Gasteiger partial charge in [0.15, 0.2) is 0 Å². The zero-order valence-corrected chi connectivity index (χ0v) is 13.4. The summed E-state index contributed by atoms with van der Waals surface area (Å²) in [5.74, 6) is 1.03. The number of thiophene rings is 1. The molecule has 3 rings (SSSR count). The molecule has 0 bridgehead atoms. The van der Waals surface area contributed by atoms with E-state index in [-0.39, 0.29) is 0 Å². The number of nitrogens with one attached hydrogen (secondary N) is 1. The van der Waals surface area contributed by atoms with Gasteiger partial charge in [-0.1, -0.05) is 29.8 Å². The van der Waals surface area contributed by atoms with Crippen LogP contribution in [0.25, 0.3) is 0 Å². The SMILES string of the molecule is Clc1ccc(CNCCN2CCOc3ccccc3C2)s1. The summed E-state index contributed by atoms with van der Waals surface area (Å²) >= 11 is 7.57. The van der Waals surface area contributed by atoms with E-state index in [1.807, 2.05) is 12.1 Å². The quantitative estimate of drug-likeness (QED) is 0.854. The molecular weight excluding hydrogens is 304 g/mol. The lowest BCUT2D eigenvalue weighted by Crippen LogP contribution is -2.33. The normalized spacial score (nSPS) is 15.3. The smallest absolute Gasteiger partial charge is 0.123 e. The first-order valence-electron chi connectivity index (χ1n) is 7.19. The highest BCUT2D eigenvalue weighted by Crippen LogP contribution is 2.22. The van der Waals surface area contributed by atoms with Crippen LogP contribution in [-0.4, -0.2) is 31.1 Å². The fourth-order valence-corrected chi connectivity index (χ4v) is 3.52. The van der Waals surface area contributed by atoms with Crippen LogP contribution < -0.4 is 10.1 Å². The van der Waals surface area contributed by atoms with Gasteiger partial charge in [-0.3, -0.25) is 4.90 Å². The van der Waals surface area contributed by atoms with Gasteiger partial charge in [0, 0.05) is 43.2 Å². The first-order chi connectivity index (χ1) is 10.3. The summed E-state index contributed by atoms with van der Waals surface area (Å²) in [7, 11) is 0. The van der Waals surface area contributed by atoms with Crippen molar-refractivity contribution in [3.8, 4) is 5.75 Å². The molecule has 21 heavy (non-hydrogen) atoms. The number of fused-ring (bicyclic) bond motifs is 1. The molecule has 0 atom stereocenters. The fourth-order valence-electron chi connectivity index (χ4n) is 2.47. The second-order valence-corrected chi connectivity index (χ2v) is 6.91. The Morgan fingerprint density at radius 1 is 1.24 bits per heavy atom. The Bertz CT molecular complexity index is 587. The standard InChI is InChI=1S/C16H19ClN2OS/c17-16-6-5-14(21-16)11-18-7-8-19-9-10-20-15-4-2-1-3-13(15)12-19/h1-6,18H,7-12H2. The average molecular weight is 323 g/mol. The maximum absolute atomic E-state index is 5.93. The second kappa shape index (κ2) is 7.27. The molecule has 0 saturated carbocycles. The molecule has 2 aromatic rings. The lowest BCUT2D eigenvalue weighted by atomic mass is 10.2. The van der Waals surface area contributed by atoms with Gasteiger partial charge in [-0.2, -0.15) is 0 Å². The summed E-state index contributed by atoms with van der Waals surface area (Å²) in [5, 5.41) is 3.48. The van der Waals surface area contributed by atoms with Crippen LogP contribution in [0.3, 0.4) is 0 Å². The summed E-state index contributed by atoms with van der Waals surface area (Å²) in [4.78, 5) is 3.71. The van der Waals surface area contributed by atoms with Crippen molar-refractivity contribution in [2.75, 3.05) is 26.2 Å². The molecule has 2 heterocycles. The van der Waals surface area contributed by atoms with Crippen molar-refractivity contribution < 1.29 is 4.74 Å². The van der Waals surface area contributed by atoms with Crippen LogP contribution >= 0.6 is 22.9 Å². The number of nitrogens with zero attached hydrogens (tertiary/aromatic N) is 1. The number of hydrogen-bond acceptors (Lipinski definition) is 4. The van der Waals surface area contributed by atoms with Crippen LogP contribution in [0.4, 0.5) is 0 Å². The molecule has 0 amide bonds. The first-order valence-corrected chi connectivity index (χ1v) is 8.39. The van der Waals surface area contributed by atoms with Crippen molar-refractivity contribution in [2.24, 2.45) is 0 Å². The molecule has 0 radical (unpaired) electrons. The average Bonchev–Trinajstić information content (AvgIpc) is 2.79. The Morgan fingerprint density at radius 3 is 3.00 bits per heavy atom. The zero-order chi connectivity index (χ0) is 14.5. The van der Waals surface area contributed by atoms with Crippen LogP contribution in [0.5, 0.6) is 5.75 Å². The monoisotopic (exact) mass is 322 g/mol. The van der Waals surface area contributed by atoms with Gasteiger partial charge >= 0.3 is 0 Å². The molecule has 5 heteroatoms. The molecule has 0 aliphatic carbocycles. The summed E-state index contributed by atoms with van der Waals surface area (Å²) in [5.41, 5.74) is 1.28. The van der Waals surface area contributed by atoms with E-state index in [9.17, 15) is 0 Å². The van der Waals surface area contributed by atoms with Crippen molar-refractivity contribution in [1.29, 1.82) is 0 Å². The lowest BCUT2D eigenvalue weighted by Gasteiger charge is -2.19. The van der Waals surface area contributed by atoms with E-state index < -0.39 is 0 Å². The molecule has 1 aromatic carbocycles.